The lowest BCUT2D eigenvalue weighted by atomic mass is 9.99. The number of rotatable bonds is 12. The predicted octanol–water partition coefficient (Wildman–Crippen LogP) is 4.12. The number of allylic oxidation sites excluding steroid dienone is 1. The number of aromatic amines is 1. The van der Waals surface area contributed by atoms with E-state index < -0.39 is 24.6 Å². The fourth-order valence-electron chi connectivity index (χ4n) is 7.87. The van der Waals surface area contributed by atoms with E-state index in [4.69, 9.17) is 14.4 Å². The smallest absolute Gasteiger partial charge is 0.306 e. The number of benzene rings is 1. The Hall–Kier alpha value is -5.57. The van der Waals surface area contributed by atoms with Crippen LogP contribution in [0.1, 0.15) is 84.3 Å². The second-order valence-electron chi connectivity index (χ2n) is 15.4. The minimum Gasteiger partial charge on any atom is -0.423 e. The van der Waals surface area contributed by atoms with Gasteiger partial charge in [-0.15, -0.1) is 0 Å². The summed E-state index contributed by atoms with van der Waals surface area (Å²) >= 11 is 0. The van der Waals surface area contributed by atoms with Crippen molar-refractivity contribution in [1.29, 1.82) is 0 Å². The van der Waals surface area contributed by atoms with Crippen LogP contribution in [0.4, 0.5) is 0 Å². The zero-order valence-electron chi connectivity index (χ0n) is 31.9. The first kappa shape index (κ1) is 37.7. The summed E-state index contributed by atoms with van der Waals surface area (Å²) in [5.74, 6) is 0.609. The molecule has 2 saturated heterocycles. The first-order chi connectivity index (χ1) is 26.4. The van der Waals surface area contributed by atoms with Gasteiger partial charge in [-0.3, -0.25) is 28.6 Å². The number of nitrogens with one attached hydrogen (secondary N) is 3. The monoisotopic (exact) mass is 751 g/mol. The molecule has 0 spiro atoms. The maximum atomic E-state index is 13.5. The van der Waals surface area contributed by atoms with E-state index in [0.717, 1.165) is 59.5 Å². The number of aliphatic hydroxyl groups is 1. The molecule has 7 rings (SSSR count). The van der Waals surface area contributed by atoms with Crippen molar-refractivity contribution in [1.82, 2.24) is 39.8 Å². The quantitative estimate of drug-likeness (QED) is 0.166. The number of hydrogen-bond donors (Lipinski definition) is 4. The molecule has 1 aromatic carbocycles. The minimum absolute atomic E-state index is 0.0285. The Morgan fingerprint density at radius 3 is 2.18 bits per heavy atom. The van der Waals surface area contributed by atoms with E-state index in [0.29, 0.717) is 36.9 Å². The molecule has 3 aliphatic rings. The number of carbonyl (C=O) groups excluding carboxylic acids is 4. The van der Waals surface area contributed by atoms with Crippen LogP contribution >= 0.6 is 0 Å². The summed E-state index contributed by atoms with van der Waals surface area (Å²) in [6.07, 6.45) is 11.3. The second kappa shape index (κ2) is 15.7. The van der Waals surface area contributed by atoms with Crippen molar-refractivity contribution in [3.8, 4) is 22.6 Å². The molecule has 290 valence electrons. The second-order valence-corrected chi connectivity index (χ2v) is 15.4. The maximum absolute atomic E-state index is 13.5. The highest BCUT2D eigenvalue weighted by Gasteiger charge is 2.39. The van der Waals surface area contributed by atoms with E-state index in [1.165, 1.54) is 6.92 Å². The lowest BCUT2D eigenvalue weighted by molar-refractivity contribution is -0.139. The Balaban J connectivity index is 0.988. The molecule has 3 aliphatic heterocycles. The number of imidazole rings is 2. The van der Waals surface area contributed by atoms with Crippen LogP contribution in [0.15, 0.2) is 58.5 Å². The number of amides is 4. The van der Waals surface area contributed by atoms with Gasteiger partial charge in [0.05, 0.1) is 35.9 Å². The molecule has 15 nitrogen and oxygen atoms in total. The van der Waals surface area contributed by atoms with Crippen molar-refractivity contribution in [2.24, 2.45) is 16.8 Å². The summed E-state index contributed by atoms with van der Waals surface area (Å²) in [7, 11) is 0. The van der Waals surface area contributed by atoms with Gasteiger partial charge in [-0.25, -0.2) is 4.98 Å². The maximum Gasteiger partial charge on any atom is 0.306 e. The van der Waals surface area contributed by atoms with Crippen LogP contribution in [-0.2, 0) is 19.2 Å². The molecule has 3 aromatic heterocycles. The van der Waals surface area contributed by atoms with Crippen LogP contribution in [0.3, 0.4) is 0 Å². The Morgan fingerprint density at radius 1 is 0.909 bits per heavy atom. The Morgan fingerprint density at radius 2 is 1.55 bits per heavy atom. The van der Waals surface area contributed by atoms with Gasteiger partial charge >= 0.3 is 5.84 Å². The van der Waals surface area contributed by atoms with Crippen molar-refractivity contribution in [3.63, 3.8) is 0 Å². The largest absolute Gasteiger partial charge is 0.423 e. The molecular weight excluding hydrogens is 702 g/mol. The lowest BCUT2D eigenvalue weighted by Crippen LogP contribution is -2.53. The first-order valence-electron chi connectivity index (χ1n) is 19.1. The van der Waals surface area contributed by atoms with Gasteiger partial charge in [0.1, 0.15) is 24.5 Å². The third-order valence-electron chi connectivity index (χ3n) is 10.8. The summed E-state index contributed by atoms with van der Waals surface area (Å²) in [5.41, 5.74) is 5.27. The molecule has 55 heavy (non-hydrogen) atoms. The van der Waals surface area contributed by atoms with Gasteiger partial charge in [-0.1, -0.05) is 52.0 Å². The van der Waals surface area contributed by atoms with Gasteiger partial charge < -0.3 is 34.9 Å². The predicted molar refractivity (Wildman–Crippen MR) is 205 cm³/mol. The minimum atomic E-state index is -0.729. The van der Waals surface area contributed by atoms with Crippen molar-refractivity contribution in [2.75, 3.05) is 19.7 Å². The number of hydrogen-bond acceptors (Lipinski definition) is 9. The van der Waals surface area contributed by atoms with Crippen LogP contribution in [-0.4, -0.2) is 101 Å². The van der Waals surface area contributed by atoms with Crippen LogP contribution < -0.4 is 10.6 Å². The molecular formula is C40H49N9O6. The number of likely N-dealkylation sites (tertiary alicyclic amines) is 2. The third-order valence-corrected chi connectivity index (χ3v) is 10.8. The number of fused-ring (bicyclic) bond motifs is 1. The molecule has 6 heterocycles. The topological polar surface area (TPSA) is 191 Å². The van der Waals surface area contributed by atoms with E-state index in [-0.39, 0.29) is 41.6 Å². The Labute approximate surface area is 319 Å². The zero-order chi connectivity index (χ0) is 39.0. The van der Waals surface area contributed by atoms with Gasteiger partial charge in [-0.05, 0) is 43.1 Å². The number of nitrogens with zero attached hydrogens (tertiary/aromatic N) is 6. The van der Waals surface area contributed by atoms with Crippen LogP contribution in [0.25, 0.3) is 34.0 Å². The average Bonchev–Trinajstić information content (AvgIpc) is 4.00. The third kappa shape index (κ3) is 7.70. The number of aromatic nitrogens is 4. The molecule has 4 amide bonds. The fourth-order valence-corrected chi connectivity index (χ4v) is 7.87. The number of H-pyrrole nitrogens is 1. The number of carbonyl (C=O) groups is 4. The Kier molecular flexibility index (Phi) is 10.7. The zero-order valence-corrected chi connectivity index (χ0v) is 31.9. The lowest BCUT2D eigenvalue weighted by Gasteiger charge is -2.31. The average molecular weight is 752 g/mol. The summed E-state index contributed by atoms with van der Waals surface area (Å²) in [4.78, 5) is 71.9. The number of oxazole rings is 1. The summed E-state index contributed by atoms with van der Waals surface area (Å²) < 4.78 is 8.03. The van der Waals surface area contributed by atoms with Crippen LogP contribution in [0, 0.1) is 11.8 Å². The van der Waals surface area contributed by atoms with E-state index in [1.54, 1.807) is 11.1 Å². The van der Waals surface area contributed by atoms with Crippen molar-refractivity contribution < 1.29 is 28.7 Å². The summed E-state index contributed by atoms with van der Waals surface area (Å²) in [6.45, 7) is 9.59. The molecule has 0 bridgehead atoms. The molecule has 4 N–H and O–H groups in total. The van der Waals surface area contributed by atoms with Gasteiger partial charge in [0, 0.05) is 55.7 Å². The van der Waals surface area contributed by atoms with Gasteiger partial charge in [0.25, 0.3) is 0 Å². The van der Waals surface area contributed by atoms with E-state index in [9.17, 15) is 24.3 Å². The highest BCUT2D eigenvalue weighted by molar-refractivity contribution is 6.03. The SMILES string of the molecule is CC(=O)N[C@H](C(=O)N1CCCC1C1=NC=C(c2cn3cc(-c4ccc(-c5cnc([C@@H]6CCCN6C(=O)[C@@H](NC(=O)CO)C(C)C)[nH]5)cc4)oc3n2)C1)C(C)C. The molecule has 0 aliphatic carbocycles. The standard InChI is InChI=1S/C40H49N9O6/c1-22(2)35(43-24(5)51)38(53)48-14-6-8-31(48)28-16-27(17-41-28)30-19-47-20-33(55-40(47)45-30)26-12-10-25(11-13-26)29-18-42-37(44-29)32-9-7-15-49(32)39(54)36(23(3)4)46-34(52)21-50/h10-13,17-20,22-23,31-32,35-36,50H,6-9,14-16,21H2,1-5H3,(H,42,44)(H,43,51)(H,46,52)/t31?,32-,35-,36-/m0/s1. The summed E-state index contributed by atoms with van der Waals surface area (Å²) in [5, 5.41) is 14.7. The Bertz CT molecular complexity index is 2110. The molecule has 2 fully saturated rings. The van der Waals surface area contributed by atoms with Crippen LogP contribution in [0.5, 0.6) is 0 Å². The summed E-state index contributed by atoms with van der Waals surface area (Å²) in [6, 6.07) is 6.27. The highest BCUT2D eigenvalue weighted by atomic mass is 16.4. The molecule has 0 saturated carbocycles. The molecule has 15 heteroatoms. The van der Waals surface area contributed by atoms with Gasteiger partial charge in [0.15, 0.2) is 5.76 Å². The van der Waals surface area contributed by atoms with Gasteiger partial charge in [-0.2, -0.15) is 4.98 Å². The highest BCUT2D eigenvalue weighted by Crippen LogP contribution is 2.34. The van der Waals surface area contributed by atoms with Crippen molar-refractivity contribution in [2.45, 2.75) is 90.9 Å². The van der Waals surface area contributed by atoms with Crippen LogP contribution in [0.2, 0.25) is 0 Å². The molecule has 4 atom stereocenters. The van der Waals surface area contributed by atoms with Gasteiger partial charge in [0.2, 0.25) is 23.6 Å². The first-order valence-corrected chi connectivity index (χ1v) is 19.1. The molecule has 4 aromatic rings. The van der Waals surface area contributed by atoms with E-state index >= 15 is 0 Å². The van der Waals surface area contributed by atoms with E-state index in [2.05, 4.69) is 20.6 Å². The van der Waals surface area contributed by atoms with E-state index in [1.807, 2.05) is 79.9 Å². The molecule has 1 unspecified atom stereocenters. The normalized spacial score (nSPS) is 19.6. The fraction of sp³-hybridized carbons (Fsp3) is 0.475. The molecule has 0 radical (unpaired) electrons. The number of aliphatic hydroxyl groups excluding tert-OH is 1. The number of aliphatic imine (C=N–C) groups is 1. The van der Waals surface area contributed by atoms with Crippen molar-refractivity contribution >= 4 is 40.8 Å². The van der Waals surface area contributed by atoms with Crippen molar-refractivity contribution in [3.05, 3.63) is 60.6 Å².